The summed E-state index contributed by atoms with van der Waals surface area (Å²) < 4.78 is 0. The predicted octanol–water partition coefficient (Wildman–Crippen LogP) is 1.33. The van der Waals surface area contributed by atoms with E-state index >= 15 is 0 Å². The first-order valence-corrected chi connectivity index (χ1v) is 5.96. The van der Waals surface area contributed by atoms with Crippen molar-refractivity contribution in [2.24, 2.45) is 0 Å². The average molecular weight is 234 g/mol. The lowest BCUT2D eigenvalue weighted by Gasteiger charge is -2.24. The Morgan fingerprint density at radius 3 is 3.00 bits per heavy atom. The standard InChI is InChI=1S/C13H18N2O2/c1-14-12-7-3-2-6-11(12)13(17)15-8-4-5-10(15)9-16/h2-3,6-7,10,14,16H,4-5,8-9H2,1H3. The van der Waals surface area contributed by atoms with Gasteiger partial charge in [0, 0.05) is 19.3 Å². The molecule has 4 nitrogen and oxygen atoms in total. The number of carbonyl (C=O) groups is 1. The molecule has 92 valence electrons. The lowest BCUT2D eigenvalue weighted by atomic mass is 10.1. The molecule has 2 N–H and O–H groups in total. The molecule has 0 aliphatic carbocycles. The van der Waals surface area contributed by atoms with Gasteiger partial charge in [-0.25, -0.2) is 0 Å². The molecule has 1 aromatic carbocycles. The number of aliphatic hydroxyl groups excluding tert-OH is 1. The van der Waals surface area contributed by atoms with Crippen molar-refractivity contribution in [2.75, 3.05) is 25.5 Å². The van der Waals surface area contributed by atoms with Crippen LogP contribution in [-0.2, 0) is 0 Å². The third-order valence-electron chi connectivity index (χ3n) is 3.28. The molecule has 1 amide bonds. The first kappa shape index (κ1) is 11.9. The minimum Gasteiger partial charge on any atom is -0.394 e. The van der Waals surface area contributed by atoms with E-state index in [1.165, 1.54) is 0 Å². The quantitative estimate of drug-likeness (QED) is 0.829. The van der Waals surface area contributed by atoms with Gasteiger partial charge in [-0.15, -0.1) is 0 Å². The van der Waals surface area contributed by atoms with Crippen molar-refractivity contribution in [1.82, 2.24) is 4.90 Å². The molecule has 0 aromatic heterocycles. The van der Waals surface area contributed by atoms with Crippen molar-refractivity contribution < 1.29 is 9.90 Å². The maximum Gasteiger partial charge on any atom is 0.256 e. The molecule has 1 heterocycles. The van der Waals surface area contributed by atoms with Gasteiger partial charge in [-0.1, -0.05) is 12.1 Å². The number of benzene rings is 1. The number of likely N-dealkylation sites (tertiary alicyclic amines) is 1. The smallest absolute Gasteiger partial charge is 0.256 e. The third kappa shape index (κ3) is 2.26. The lowest BCUT2D eigenvalue weighted by Crippen LogP contribution is -2.37. The molecule has 1 unspecified atom stereocenters. The van der Waals surface area contributed by atoms with E-state index < -0.39 is 0 Å². The van der Waals surface area contributed by atoms with Crippen molar-refractivity contribution in [2.45, 2.75) is 18.9 Å². The molecule has 1 aliphatic heterocycles. The van der Waals surface area contributed by atoms with Gasteiger partial charge in [-0.05, 0) is 25.0 Å². The minimum absolute atomic E-state index is 0.00602. The largest absolute Gasteiger partial charge is 0.394 e. The molecule has 1 aliphatic rings. The molecule has 0 spiro atoms. The Hall–Kier alpha value is -1.55. The van der Waals surface area contributed by atoms with Crippen LogP contribution in [0.1, 0.15) is 23.2 Å². The van der Waals surface area contributed by atoms with Gasteiger partial charge in [-0.3, -0.25) is 4.79 Å². The Morgan fingerprint density at radius 1 is 1.53 bits per heavy atom. The van der Waals surface area contributed by atoms with E-state index in [4.69, 9.17) is 0 Å². The van der Waals surface area contributed by atoms with Crippen LogP contribution >= 0.6 is 0 Å². The summed E-state index contributed by atoms with van der Waals surface area (Å²) in [5.41, 5.74) is 1.51. The van der Waals surface area contributed by atoms with Crippen molar-refractivity contribution in [3.05, 3.63) is 29.8 Å². The first-order chi connectivity index (χ1) is 8.27. The van der Waals surface area contributed by atoms with E-state index in [1.54, 1.807) is 11.9 Å². The average Bonchev–Trinajstić information content (AvgIpc) is 2.86. The highest BCUT2D eigenvalue weighted by atomic mass is 16.3. The summed E-state index contributed by atoms with van der Waals surface area (Å²) in [5, 5.41) is 12.3. The highest BCUT2D eigenvalue weighted by Gasteiger charge is 2.29. The van der Waals surface area contributed by atoms with Crippen molar-refractivity contribution in [3.63, 3.8) is 0 Å². The van der Waals surface area contributed by atoms with E-state index in [0.29, 0.717) is 5.56 Å². The molecule has 17 heavy (non-hydrogen) atoms. The van der Waals surface area contributed by atoms with Crippen LogP contribution < -0.4 is 5.32 Å². The van der Waals surface area contributed by atoms with Crippen LogP contribution in [0.15, 0.2) is 24.3 Å². The van der Waals surface area contributed by atoms with Gasteiger partial charge in [-0.2, -0.15) is 0 Å². The zero-order chi connectivity index (χ0) is 12.3. The second kappa shape index (κ2) is 5.19. The second-order valence-electron chi connectivity index (χ2n) is 4.27. The van der Waals surface area contributed by atoms with Crippen molar-refractivity contribution >= 4 is 11.6 Å². The van der Waals surface area contributed by atoms with Crippen LogP contribution in [0.3, 0.4) is 0 Å². The van der Waals surface area contributed by atoms with E-state index in [9.17, 15) is 9.90 Å². The summed E-state index contributed by atoms with van der Waals surface area (Å²) in [7, 11) is 1.81. The molecule has 0 radical (unpaired) electrons. The number of hydrogen-bond acceptors (Lipinski definition) is 3. The molecule has 0 saturated carbocycles. The van der Waals surface area contributed by atoms with E-state index in [0.717, 1.165) is 25.1 Å². The summed E-state index contributed by atoms with van der Waals surface area (Å²) in [5.74, 6) is 0.00602. The molecule has 2 rings (SSSR count). The SMILES string of the molecule is CNc1ccccc1C(=O)N1CCCC1CO. The number of rotatable bonds is 3. The van der Waals surface area contributed by atoms with Gasteiger partial charge in [0.1, 0.15) is 0 Å². The maximum atomic E-state index is 12.4. The fourth-order valence-corrected chi connectivity index (χ4v) is 2.34. The predicted molar refractivity (Wildman–Crippen MR) is 67.1 cm³/mol. The number of aliphatic hydroxyl groups is 1. The lowest BCUT2D eigenvalue weighted by molar-refractivity contribution is 0.0678. The Labute approximate surface area is 101 Å². The van der Waals surface area contributed by atoms with Crippen LogP contribution in [0.2, 0.25) is 0 Å². The molecule has 1 saturated heterocycles. The number of amides is 1. The zero-order valence-corrected chi connectivity index (χ0v) is 10.0. The Balaban J connectivity index is 2.24. The van der Waals surface area contributed by atoms with Gasteiger partial charge in [0.15, 0.2) is 0 Å². The number of carbonyl (C=O) groups excluding carboxylic acids is 1. The fraction of sp³-hybridized carbons (Fsp3) is 0.462. The number of anilines is 1. The Kier molecular flexibility index (Phi) is 3.64. The van der Waals surface area contributed by atoms with Gasteiger partial charge >= 0.3 is 0 Å². The monoisotopic (exact) mass is 234 g/mol. The summed E-state index contributed by atoms with van der Waals surface area (Å²) in [6.45, 7) is 0.787. The van der Waals surface area contributed by atoms with Gasteiger partial charge in [0.25, 0.3) is 5.91 Å². The molecular weight excluding hydrogens is 216 g/mol. The number of para-hydroxylation sites is 1. The summed E-state index contributed by atoms with van der Waals surface area (Å²) in [6, 6.07) is 7.44. The number of hydrogen-bond donors (Lipinski definition) is 2. The maximum absolute atomic E-state index is 12.4. The van der Waals surface area contributed by atoms with Crippen LogP contribution in [0.25, 0.3) is 0 Å². The fourth-order valence-electron chi connectivity index (χ4n) is 2.34. The number of nitrogens with one attached hydrogen (secondary N) is 1. The van der Waals surface area contributed by atoms with Crippen LogP contribution in [0, 0.1) is 0 Å². The van der Waals surface area contributed by atoms with E-state index in [-0.39, 0.29) is 18.6 Å². The first-order valence-electron chi connectivity index (χ1n) is 5.96. The van der Waals surface area contributed by atoms with Crippen LogP contribution in [0.4, 0.5) is 5.69 Å². The molecule has 1 fully saturated rings. The van der Waals surface area contributed by atoms with Crippen molar-refractivity contribution in [1.29, 1.82) is 0 Å². The Bertz CT molecular complexity index is 406. The molecule has 1 aromatic rings. The highest BCUT2D eigenvalue weighted by Crippen LogP contribution is 2.23. The van der Waals surface area contributed by atoms with E-state index in [1.807, 2.05) is 24.3 Å². The minimum atomic E-state index is -0.0209. The Morgan fingerprint density at radius 2 is 2.29 bits per heavy atom. The molecule has 4 heteroatoms. The third-order valence-corrected chi connectivity index (χ3v) is 3.28. The van der Waals surface area contributed by atoms with Gasteiger partial charge in [0.2, 0.25) is 0 Å². The van der Waals surface area contributed by atoms with Gasteiger partial charge < -0.3 is 15.3 Å². The second-order valence-corrected chi connectivity index (χ2v) is 4.27. The van der Waals surface area contributed by atoms with E-state index in [2.05, 4.69) is 5.32 Å². The van der Waals surface area contributed by atoms with Crippen LogP contribution in [-0.4, -0.2) is 42.2 Å². The summed E-state index contributed by atoms with van der Waals surface area (Å²) in [6.07, 6.45) is 1.86. The molecule has 1 atom stereocenters. The van der Waals surface area contributed by atoms with Crippen molar-refractivity contribution in [3.8, 4) is 0 Å². The molecule has 0 bridgehead atoms. The summed E-state index contributed by atoms with van der Waals surface area (Å²) >= 11 is 0. The highest BCUT2D eigenvalue weighted by molar-refractivity contribution is 5.99. The van der Waals surface area contributed by atoms with Gasteiger partial charge in [0.05, 0.1) is 18.2 Å². The summed E-state index contributed by atoms with van der Waals surface area (Å²) in [4.78, 5) is 14.1. The topological polar surface area (TPSA) is 52.6 Å². The van der Waals surface area contributed by atoms with Crippen LogP contribution in [0.5, 0.6) is 0 Å². The molecular formula is C13H18N2O2. The zero-order valence-electron chi connectivity index (χ0n) is 10.0. The number of nitrogens with zero attached hydrogens (tertiary/aromatic N) is 1. The normalized spacial score (nSPS) is 19.4.